The Morgan fingerprint density at radius 3 is 2.77 bits per heavy atom. The van der Waals surface area contributed by atoms with Crippen LogP contribution in [0.25, 0.3) is 0 Å². The molecule has 6 nitrogen and oxygen atoms in total. The molecule has 0 atom stereocenters. The summed E-state index contributed by atoms with van der Waals surface area (Å²) in [6, 6.07) is 5.58. The van der Waals surface area contributed by atoms with Crippen molar-refractivity contribution in [3.05, 3.63) is 53.6 Å². The third-order valence-corrected chi connectivity index (χ3v) is 4.30. The molecule has 0 radical (unpaired) electrons. The Hall–Kier alpha value is -2.96. The number of carbonyl (C=O) groups is 1. The van der Waals surface area contributed by atoms with Crippen molar-refractivity contribution in [2.75, 3.05) is 25.2 Å². The van der Waals surface area contributed by atoms with Crippen molar-refractivity contribution < 1.29 is 18.7 Å². The van der Waals surface area contributed by atoms with Gasteiger partial charge >= 0.3 is 6.01 Å². The van der Waals surface area contributed by atoms with Crippen LogP contribution in [0, 0.1) is 0 Å². The van der Waals surface area contributed by atoms with Gasteiger partial charge in [-0.2, -0.15) is 0 Å². The molecule has 136 valence electrons. The Kier molecular flexibility index (Phi) is 5.46. The highest BCUT2D eigenvalue weighted by Gasteiger charge is 2.26. The molecule has 1 aliphatic rings. The number of nitrogens with zero attached hydrogens (tertiary/aromatic N) is 3. The van der Waals surface area contributed by atoms with E-state index in [9.17, 15) is 9.18 Å². The number of amides is 1. The van der Waals surface area contributed by atoms with Gasteiger partial charge in [-0.25, -0.2) is 14.4 Å². The summed E-state index contributed by atoms with van der Waals surface area (Å²) in [6.45, 7) is 2.60. The summed E-state index contributed by atoms with van der Waals surface area (Å²) in [7, 11) is 1.49. The average Bonchev–Trinajstić information content (AvgIpc) is 2.69. The van der Waals surface area contributed by atoms with Gasteiger partial charge in [-0.15, -0.1) is 0 Å². The van der Waals surface area contributed by atoms with E-state index in [1.807, 2.05) is 13.0 Å². The van der Waals surface area contributed by atoms with Crippen LogP contribution in [0.1, 0.15) is 29.3 Å². The van der Waals surface area contributed by atoms with Crippen LogP contribution in [-0.2, 0) is 6.42 Å². The second-order valence-corrected chi connectivity index (χ2v) is 5.86. The van der Waals surface area contributed by atoms with Crippen LogP contribution in [-0.4, -0.2) is 36.1 Å². The quantitative estimate of drug-likeness (QED) is 0.793. The molecule has 0 fully saturated rings. The summed E-state index contributed by atoms with van der Waals surface area (Å²) in [4.78, 5) is 22.5. The molecule has 1 amide bonds. The molecular weight excluding hydrogens is 337 g/mol. The zero-order valence-electron chi connectivity index (χ0n) is 14.7. The van der Waals surface area contributed by atoms with Crippen LogP contribution in [0.3, 0.4) is 0 Å². The van der Waals surface area contributed by atoms with Crippen LogP contribution in [0.2, 0.25) is 0 Å². The summed E-state index contributed by atoms with van der Waals surface area (Å²) in [6.07, 6.45) is 5.00. The molecule has 0 saturated heterocycles. The zero-order chi connectivity index (χ0) is 18.5. The fourth-order valence-electron chi connectivity index (χ4n) is 2.74. The standard InChI is InChI=1S/C19H20FN3O3/c1-3-13(9-20)12-26-16-4-5-17-14(8-16)6-7-23(18(17)24)15-10-21-19(25-2)22-11-15/h4-5,8-11H,3,6-7,12H2,1-2H3/b13-9+. The summed E-state index contributed by atoms with van der Waals surface area (Å²) >= 11 is 0. The Labute approximate surface area is 151 Å². The van der Waals surface area contributed by atoms with Crippen molar-refractivity contribution in [3.63, 3.8) is 0 Å². The SMILES string of the molecule is CC/C(=C\F)COc1ccc2c(c1)CCN(c1cnc(OC)nc1)C2=O. The zero-order valence-corrected chi connectivity index (χ0v) is 14.7. The number of methoxy groups -OCH3 is 1. The fraction of sp³-hybridized carbons (Fsp3) is 0.316. The third kappa shape index (κ3) is 3.66. The lowest BCUT2D eigenvalue weighted by molar-refractivity contribution is 0.0980. The van der Waals surface area contributed by atoms with Crippen LogP contribution < -0.4 is 14.4 Å². The first kappa shape index (κ1) is 17.8. The number of hydrogen-bond acceptors (Lipinski definition) is 5. The molecule has 0 saturated carbocycles. The number of carbonyl (C=O) groups excluding carboxylic acids is 1. The highest BCUT2D eigenvalue weighted by Crippen LogP contribution is 2.27. The minimum Gasteiger partial charge on any atom is -0.489 e. The maximum atomic E-state index is 12.8. The van der Waals surface area contributed by atoms with Gasteiger partial charge in [0.2, 0.25) is 0 Å². The number of halogens is 1. The lowest BCUT2D eigenvalue weighted by Gasteiger charge is -2.28. The first-order chi connectivity index (χ1) is 12.7. The van der Waals surface area contributed by atoms with E-state index in [-0.39, 0.29) is 18.5 Å². The van der Waals surface area contributed by atoms with Gasteiger partial charge in [-0.05, 0) is 42.2 Å². The van der Waals surface area contributed by atoms with Crippen LogP contribution in [0.5, 0.6) is 11.8 Å². The van der Waals surface area contributed by atoms with E-state index in [0.717, 1.165) is 5.56 Å². The molecule has 1 aromatic heterocycles. The number of ether oxygens (including phenoxy) is 2. The smallest absolute Gasteiger partial charge is 0.316 e. The van der Waals surface area contributed by atoms with Crippen molar-refractivity contribution >= 4 is 11.6 Å². The molecule has 1 aromatic carbocycles. The van der Waals surface area contributed by atoms with E-state index >= 15 is 0 Å². The molecule has 0 bridgehead atoms. The van der Waals surface area contributed by atoms with Gasteiger partial charge in [-0.3, -0.25) is 4.79 Å². The molecular formula is C19H20FN3O3. The van der Waals surface area contributed by atoms with E-state index in [2.05, 4.69) is 9.97 Å². The summed E-state index contributed by atoms with van der Waals surface area (Å²) < 4.78 is 23.2. The molecule has 0 aliphatic carbocycles. The Morgan fingerprint density at radius 1 is 1.35 bits per heavy atom. The van der Waals surface area contributed by atoms with E-state index < -0.39 is 0 Å². The molecule has 0 N–H and O–H groups in total. The summed E-state index contributed by atoms with van der Waals surface area (Å²) in [5.41, 5.74) is 2.75. The lowest BCUT2D eigenvalue weighted by Crippen LogP contribution is -2.37. The topological polar surface area (TPSA) is 64.6 Å². The van der Waals surface area contributed by atoms with Crippen molar-refractivity contribution in [3.8, 4) is 11.8 Å². The molecule has 0 unspecified atom stereocenters. The first-order valence-corrected chi connectivity index (χ1v) is 8.38. The van der Waals surface area contributed by atoms with Crippen LogP contribution in [0.4, 0.5) is 10.1 Å². The highest BCUT2D eigenvalue weighted by molar-refractivity contribution is 6.08. The van der Waals surface area contributed by atoms with Gasteiger partial charge in [0, 0.05) is 12.1 Å². The van der Waals surface area contributed by atoms with Crippen molar-refractivity contribution in [1.29, 1.82) is 0 Å². The van der Waals surface area contributed by atoms with Crippen LogP contribution in [0.15, 0.2) is 42.5 Å². The molecule has 2 heterocycles. The van der Waals surface area contributed by atoms with Crippen molar-refractivity contribution in [2.45, 2.75) is 19.8 Å². The van der Waals surface area contributed by atoms with Gasteiger partial charge < -0.3 is 14.4 Å². The van der Waals surface area contributed by atoms with Gasteiger partial charge in [0.05, 0.1) is 31.5 Å². The number of rotatable bonds is 6. The second-order valence-electron chi connectivity index (χ2n) is 5.86. The van der Waals surface area contributed by atoms with Gasteiger partial charge in [0.15, 0.2) is 0 Å². The first-order valence-electron chi connectivity index (χ1n) is 8.38. The van der Waals surface area contributed by atoms with Gasteiger partial charge in [0.25, 0.3) is 5.91 Å². The normalized spacial score (nSPS) is 14.2. The minimum atomic E-state index is -0.107. The maximum absolute atomic E-state index is 12.8. The largest absolute Gasteiger partial charge is 0.489 e. The molecule has 26 heavy (non-hydrogen) atoms. The average molecular weight is 357 g/mol. The predicted octanol–water partition coefficient (Wildman–Crippen LogP) is 3.33. The Morgan fingerprint density at radius 2 is 2.12 bits per heavy atom. The minimum absolute atomic E-state index is 0.107. The lowest BCUT2D eigenvalue weighted by atomic mass is 9.98. The van der Waals surface area contributed by atoms with Gasteiger partial charge in [-0.1, -0.05) is 6.92 Å². The predicted molar refractivity (Wildman–Crippen MR) is 95.4 cm³/mol. The second kappa shape index (κ2) is 7.95. The van der Waals surface area contributed by atoms with E-state index in [4.69, 9.17) is 9.47 Å². The number of hydrogen-bond donors (Lipinski definition) is 0. The van der Waals surface area contributed by atoms with Gasteiger partial charge in [0.1, 0.15) is 12.4 Å². The number of anilines is 1. The highest BCUT2D eigenvalue weighted by atomic mass is 19.1. The molecule has 1 aliphatic heterocycles. The summed E-state index contributed by atoms with van der Waals surface area (Å²) in [5.74, 6) is 0.523. The van der Waals surface area contributed by atoms with E-state index in [0.29, 0.717) is 48.3 Å². The number of benzene rings is 1. The number of fused-ring (bicyclic) bond motifs is 1. The molecule has 3 rings (SSSR count). The molecule has 2 aromatic rings. The van der Waals surface area contributed by atoms with E-state index in [1.54, 1.807) is 29.4 Å². The third-order valence-electron chi connectivity index (χ3n) is 4.30. The van der Waals surface area contributed by atoms with Crippen molar-refractivity contribution in [2.24, 2.45) is 0 Å². The fourth-order valence-corrected chi connectivity index (χ4v) is 2.74. The van der Waals surface area contributed by atoms with E-state index in [1.165, 1.54) is 7.11 Å². The Bertz CT molecular complexity index is 821. The molecule has 7 heteroatoms. The Balaban J connectivity index is 1.76. The monoisotopic (exact) mass is 357 g/mol. The number of aromatic nitrogens is 2. The maximum Gasteiger partial charge on any atom is 0.316 e. The van der Waals surface area contributed by atoms with Crippen molar-refractivity contribution in [1.82, 2.24) is 9.97 Å². The van der Waals surface area contributed by atoms with Crippen LogP contribution >= 0.6 is 0 Å². The molecule has 0 spiro atoms. The summed E-state index contributed by atoms with van der Waals surface area (Å²) in [5, 5.41) is 0.